The molecule has 5 aromatic carbocycles. The van der Waals surface area contributed by atoms with E-state index in [0.29, 0.717) is 11.3 Å². The van der Waals surface area contributed by atoms with Crippen LogP contribution in [0.4, 0.5) is 5.69 Å². The highest BCUT2D eigenvalue weighted by Gasteiger charge is 2.39. The second-order valence-corrected chi connectivity index (χ2v) is 9.84. The Kier molecular flexibility index (Phi) is 6.48. The molecule has 1 aliphatic rings. The number of ether oxygens (including phenoxy) is 3. The first-order valence-corrected chi connectivity index (χ1v) is 13.1. The van der Waals surface area contributed by atoms with Crippen molar-refractivity contribution in [2.24, 2.45) is 0 Å². The van der Waals surface area contributed by atoms with Crippen LogP contribution in [0, 0.1) is 6.92 Å². The van der Waals surface area contributed by atoms with Crippen molar-refractivity contribution in [2.75, 3.05) is 19.5 Å². The number of anilines is 1. The van der Waals surface area contributed by atoms with Gasteiger partial charge in [-0.05, 0) is 72.3 Å². The smallest absolute Gasteiger partial charge is 0.259 e. The number of fused-ring (bicyclic) bond motifs is 3. The van der Waals surface area contributed by atoms with Gasteiger partial charge in [-0.15, -0.1) is 0 Å². The third-order valence-corrected chi connectivity index (χ3v) is 7.38. The molecule has 0 aliphatic carbocycles. The van der Waals surface area contributed by atoms with E-state index < -0.39 is 5.60 Å². The lowest BCUT2D eigenvalue weighted by atomic mass is 9.82. The number of amides is 1. The molecule has 1 aliphatic heterocycles. The summed E-state index contributed by atoms with van der Waals surface area (Å²) in [4.78, 5) is 13.8. The molecule has 1 amide bonds. The molecule has 5 nitrogen and oxygen atoms in total. The maximum absolute atomic E-state index is 13.8. The highest BCUT2D eigenvalue weighted by atomic mass is 16.5. The second-order valence-electron chi connectivity index (χ2n) is 9.84. The minimum atomic E-state index is -0.993. The van der Waals surface area contributed by atoms with Gasteiger partial charge in [0, 0.05) is 22.4 Å². The summed E-state index contributed by atoms with van der Waals surface area (Å²) in [6, 6.07) is 33.3. The van der Waals surface area contributed by atoms with Crippen LogP contribution < -0.4 is 19.5 Å². The lowest BCUT2D eigenvalue weighted by Gasteiger charge is -2.37. The first-order valence-electron chi connectivity index (χ1n) is 13.1. The maximum atomic E-state index is 13.8. The van der Waals surface area contributed by atoms with E-state index in [1.807, 2.05) is 104 Å². The van der Waals surface area contributed by atoms with Crippen molar-refractivity contribution in [3.05, 3.63) is 137 Å². The van der Waals surface area contributed by atoms with Crippen LogP contribution in [0.15, 0.2) is 109 Å². The summed E-state index contributed by atoms with van der Waals surface area (Å²) < 4.78 is 17.9. The zero-order valence-corrected chi connectivity index (χ0v) is 22.6. The number of methoxy groups -OCH3 is 2. The largest absolute Gasteiger partial charge is 0.497 e. The van der Waals surface area contributed by atoms with Crippen molar-refractivity contribution in [3.8, 4) is 17.2 Å². The zero-order chi connectivity index (χ0) is 27.7. The number of rotatable bonds is 6. The number of benzene rings is 5. The van der Waals surface area contributed by atoms with E-state index in [1.165, 1.54) is 0 Å². The predicted molar refractivity (Wildman–Crippen MR) is 160 cm³/mol. The Morgan fingerprint density at radius 3 is 1.98 bits per heavy atom. The maximum Gasteiger partial charge on any atom is 0.259 e. The molecule has 0 saturated carbocycles. The number of hydrogen-bond acceptors (Lipinski definition) is 4. The van der Waals surface area contributed by atoms with Gasteiger partial charge in [0.05, 0.1) is 19.8 Å². The van der Waals surface area contributed by atoms with Gasteiger partial charge in [-0.25, -0.2) is 0 Å². The minimum Gasteiger partial charge on any atom is -0.497 e. The molecule has 0 saturated heterocycles. The molecule has 0 aromatic heterocycles. The van der Waals surface area contributed by atoms with Gasteiger partial charge < -0.3 is 19.5 Å². The lowest BCUT2D eigenvalue weighted by Crippen LogP contribution is -2.35. The number of carbonyl (C=O) groups excluding carboxylic acids is 1. The molecule has 5 aromatic rings. The quantitative estimate of drug-likeness (QED) is 0.245. The van der Waals surface area contributed by atoms with Crippen molar-refractivity contribution < 1.29 is 19.0 Å². The van der Waals surface area contributed by atoms with Crippen molar-refractivity contribution in [1.29, 1.82) is 0 Å². The number of aryl methyl sites for hydroxylation is 1. The highest BCUT2D eigenvalue weighted by Crippen LogP contribution is 2.46. The first-order chi connectivity index (χ1) is 19.5. The van der Waals surface area contributed by atoms with E-state index in [4.69, 9.17) is 14.2 Å². The van der Waals surface area contributed by atoms with Gasteiger partial charge in [-0.3, -0.25) is 4.79 Å². The van der Waals surface area contributed by atoms with E-state index in [0.717, 1.165) is 50.2 Å². The standard InChI is InChI=1S/C35H29NO4/c1-23-8-14-27(15-9-23)36-34(37)32-22-24-6-4-5-7-30(24)31-20-21-35(40-33(31)32,25-10-16-28(38-2)17-11-25)26-12-18-29(39-3)19-13-26/h4-22H,1-3H3,(H,36,37). The van der Waals surface area contributed by atoms with E-state index >= 15 is 0 Å². The van der Waals surface area contributed by atoms with Crippen LogP contribution in [0.1, 0.15) is 32.6 Å². The van der Waals surface area contributed by atoms with E-state index in [2.05, 4.69) is 23.5 Å². The third-order valence-electron chi connectivity index (χ3n) is 7.38. The molecule has 5 heteroatoms. The molecule has 0 bridgehead atoms. The molecule has 198 valence electrons. The molecular formula is C35H29NO4. The molecule has 6 rings (SSSR count). The number of carbonyl (C=O) groups is 1. The summed E-state index contributed by atoms with van der Waals surface area (Å²) in [6.45, 7) is 2.02. The van der Waals surface area contributed by atoms with E-state index in [9.17, 15) is 4.79 Å². The van der Waals surface area contributed by atoms with Gasteiger partial charge in [0.25, 0.3) is 5.91 Å². The summed E-state index contributed by atoms with van der Waals surface area (Å²) in [5.74, 6) is 1.79. The Bertz CT molecular complexity index is 1670. The zero-order valence-electron chi connectivity index (χ0n) is 22.6. The van der Waals surface area contributed by atoms with Crippen LogP contribution in [0.25, 0.3) is 16.8 Å². The minimum absolute atomic E-state index is 0.237. The predicted octanol–water partition coefficient (Wildman–Crippen LogP) is 7.77. The van der Waals surface area contributed by atoms with Gasteiger partial charge in [0.15, 0.2) is 5.60 Å². The van der Waals surface area contributed by atoms with Crippen LogP contribution in [-0.2, 0) is 5.60 Å². The SMILES string of the molecule is COc1ccc(C2(c3ccc(OC)cc3)C=Cc3c(c(C(=O)Nc4ccc(C)cc4)cc4ccccc34)O2)cc1. The molecular weight excluding hydrogens is 498 g/mol. The molecule has 0 spiro atoms. The van der Waals surface area contributed by atoms with E-state index in [1.54, 1.807) is 14.2 Å². The monoisotopic (exact) mass is 527 g/mol. The molecule has 1 heterocycles. The Morgan fingerprint density at radius 1 is 0.775 bits per heavy atom. The summed E-state index contributed by atoms with van der Waals surface area (Å²) in [7, 11) is 3.29. The number of nitrogens with one attached hydrogen (secondary N) is 1. The molecule has 0 fully saturated rings. The van der Waals surface area contributed by atoms with Crippen LogP contribution in [0.3, 0.4) is 0 Å². The Labute approximate surface area is 233 Å². The molecule has 0 unspecified atom stereocenters. The average molecular weight is 528 g/mol. The van der Waals surface area contributed by atoms with Crippen LogP contribution in [0.2, 0.25) is 0 Å². The normalized spacial score (nSPS) is 13.3. The Hall–Kier alpha value is -5.03. The Balaban J connectivity index is 1.53. The van der Waals surface area contributed by atoms with Gasteiger partial charge >= 0.3 is 0 Å². The fraction of sp³-hybridized carbons (Fsp3) is 0.114. The third kappa shape index (κ3) is 4.46. The summed E-state index contributed by atoms with van der Waals surface area (Å²) in [5, 5.41) is 5.04. The topological polar surface area (TPSA) is 56.8 Å². The van der Waals surface area contributed by atoms with Crippen molar-refractivity contribution in [1.82, 2.24) is 0 Å². The Morgan fingerprint density at radius 2 is 1.38 bits per heavy atom. The van der Waals surface area contributed by atoms with Crippen LogP contribution >= 0.6 is 0 Å². The van der Waals surface area contributed by atoms with Gasteiger partial charge in [-0.2, -0.15) is 0 Å². The first kappa shape index (κ1) is 25.3. The summed E-state index contributed by atoms with van der Waals surface area (Å²) in [6.07, 6.45) is 4.13. The fourth-order valence-electron chi connectivity index (χ4n) is 5.19. The van der Waals surface area contributed by atoms with Crippen molar-refractivity contribution >= 4 is 28.4 Å². The van der Waals surface area contributed by atoms with Crippen LogP contribution in [0.5, 0.6) is 17.2 Å². The van der Waals surface area contributed by atoms with Gasteiger partial charge in [-0.1, -0.05) is 66.2 Å². The molecule has 40 heavy (non-hydrogen) atoms. The lowest BCUT2D eigenvalue weighted by molar-refractivity contribution is 0.101. The van der Waals surface area contributed by atoms with Gasteiger partial charge in [0.2, 0.25) is 0 Å². The molecule has 0 atom stereocenters. The fourth-order valence-corrected chi connectivity index (χ4v) is 5.19. The van der Waals surface area contributed by atoms with E-state index in [-0.39, 0.29) is 5.91 Å². The summed E-state index contributed by atoms with van der Waals surface area (Å²) in [5.41, 5.74) is 3.98. The van der Waals surface area contributed by atoms with Crippen molar-refractivity contribution in [2.45, 2.75) is 12.5 Å². The average Bonchev–Trinajstić information content (AvgIpc) is 3.01. The summed E-state index contributed by atoms with van der Waals surface area (Å²) >= 11 is 0. The second kappa shape index (κ2) is 10.3. The van der Waals surface area contributed by atoms with Crippen LogP contribution in [-0.4, -0.2) is 20.1 Å². The molecule has 0 radical (unpaired) electrons. The number of hydrogen-bond donors (Lipinski definition) is 1. The van der Waals surface area contributed by atoms with Crippen molar-refractivity contribution in [3.63, 3.8) is 0 Å². The highest BCUT2D eigenvalue weighted by molar-refractivity contribution is 6.11. The molecule has 1 N–H and O–H groups in total. The van der Waals surface area contributed by atoms with Gasteiger partial charge in [0.1, 0.15) is 17.2 Å².